The van der Waals surface area contributed by atoms with Crippen LogP contribution in [0.1, 0.15) is 25.7 Å². The lowest BCUT2D eigenvalue weighted by molar-refractivity contribution is -0.162. The van der Waals surface area contributed by atoms with Crippen molar-refractivity contribution in [2.45, 2.75) is 25.7 Å². The molecule has 0 aliphatic carbocycles. The van der Waals surface area contributed by atoms with Crippen LogP contribution in [0.15, 0.2) is 0 Å². The summed E-state index contributed by atoms with van der Waals surface area (Å²) in [6.07, 6.45) is 0.463. The summed E-state index contributed by atoms with van der Waals surface area (Å²) in [5.41, 5.74) is -1.35. The average Bonchev–Trinajstić information content (AvgIpc) is 2.69. The highest BCUT2D eigenvalue weighted by Gasteiger charge is 2.49. The number of hydrogen-bond acceptors (Lipinski definition) is 6. The van der Waals surface area contributed by atoms with Gasteiger partial charge in [-0.1, -0.05) is 0 Å². The normalized spacial score (nSPS) is 18.3. The Labute approximate surface area is 147 Å². The van der Waals surface area contributed by atoms with Crippen molar-refractivity contribution in [3.8, 4) is 12.1 Å². The minimum absolute atomic E-state index is 0.0948. The van der Waals surface area contributed by atoms with Crippen molar-refractivity contribution in [3.05, 3.63) is 0 Å². The molecule has 2 amide bonds. The Hall–Kier alpha value is -2.16. The molecule has 2 rings (SSSR count). The monoisotopic (exact) mass is 348 g/mol. The zero-order valence-corrected chi connectivity index (χ0v) is 14.4. The van der Waals surface area contributed by atoms with Crippen LogP contribution in [-0.4, -0.2) is 74.2 Å². The van der Waals surface area contributed by atoms with E-state index in [0.29, 0.717) is 52.6 Å². The summed E-state index contributed by atoms with van der Waals surface area (Å²) in [4.78, 5) is 29.8. The quantitative estimate of drug-likeness (QED) is 0.639. The Bertz CT molecular complexity index is 504. The number of morpholine rings is 2. The molecular weight excluding hydrogens is 324 g/mol. The highest BCUT2D eigenvalue weighted by Crippen LogP contribution is 2.35. The highest BCUT2D eigenvalue weighted by molar-refractivity contribution is 6.05. The van der Waals surface area contributed by atoms with E-state index >= 15 is 0 Å². The lowest BCUT2D eigenvalue weighted by atomic mass is 9.76. The first kappa shape index (κ1) is 19.2. The number of ether oxygens (including phenoxy) is 2. The molecule has 2 fully saturated rings. The van der Waals surface area contributed by atoms with Gasteiger partial charge in [-0.2, -0.15) is 10.5 Å². The van der Waals surface area contributed by atoms with Crippen molar-refractivity contribution < 1.29 is 19.1 Å². The first-order chi connectivity index (χ1) is 12.2. The van der Waals surface area contributed by atoms with Gasteiger partial charge in [0.2, 0.25) is 11.8 Å². The van der Waals surface area contributed by atoms with Gasteiger partial charge < -0.3 is 19.3 Å². The van der Waals surface area contributed by atoms with Crippen LogP contribution in [0.5, 0.6) is 0 Å². The molecule has 2 heterocycles. The van der Waals surface area contributed by atoms with E-state index in [4.69, 9.17) is 20.0 Å². The number of carbonyl (C=O) groups excluding carboxylic acids is 2. The molecule has 136 valence electrons. The van der Waals surface area contributed by atoms with Crippen molar-refractivity contribution in [3.63, 3.8) is 0 Å². The molecule has 0 unspecified atom stereocenters. The van der Waals surface area contributed by atoms with E-state index in [-0.39, 0.29) is 37.5 Å². The van der Waals surface area contributed by atoms with Crippen LogP contribution in [0, 0.1) is 28.1 Å². The highest BCUT2D eigenvalue weighted by atomic mass is 16.5. The zero-order chi connectivity index (χ0) is 18.1. The van der Waals surface area contributed by atoms with Crippen LogP contribution in [0.2, 0.25) is 0 Å². The molecule has 0 aromatic heterocycles. The van der Waals surface area contributed by atoms with E-state index in [9.17, 15) is 9.59 Å². The summed E-state index contributed by atoms with van der Waals surface area (Å²) in [7, 11) is 0. The smallest absolute Gasteiger partial charge is 0.238 e. The molecular formula is C17H24N4O4. The minimum atomic E-state index is -1.35. The molecule has 2 aliphatic heterocycles. The van der Waals surface area contributed by atoms with Crippen molar-refractivity contribution >= 4 is 11.8 Å². The standard InChI is InChI=1S/C17H24N4O4/c18-5-1-3-17(4-2-6-19,15(22)20-7-11-24-12-8-20)16(23)21-9-13-25-14-10-21/h1-4,7-14H2. The molecule has 8 heteroatoms. The fraction of sp³-hybridized carbons (Fsp3) is 0.765. The summed E-state index contributed by atoms with van der Waals surface area (Å²) in [5, 5.41) is 18.1. The van der Waals surface area contributed by atoms with Crippen LogP contribution in [-0.2, 0) is 19.1 Å². The molecule has 0 bridgehead atoms. The molecule has 0 spiro atoms. The van der Waals surface area contributed by atoms with Crippen LogP contribution >= 0.6 is 0 Å². The van der Waals surface area contributed by atoms with E-state index < -0.39 is 5.41 Å². The van der Waals surface area contributed by atoms with Gasteiger partial charge in [-0.15, -0.1) is 0 Å². The third kappa shape index (κ3) is 4.47. The number of amides is 2. The van der Waals surface area contributed by atoms with Gasteiger partial charge in [0.05, 0.1) is 38.6 Å². The molecule has 8 nitrogen and oxygen atoms in total. The van der Waals surface area contributed by atoms with Gasteiger partial charge in [0.15, 0.2) is 0 Å². The molecule has 0 radical (unpaired) electrons. The molecule has 0 saturated carbocycles. The van der Waals surface area contributed by atoms with E-state index in [2.05, 4.69) is 0 Å². The average molecular weight is 348 g/mol. The van der Waals surface area contributed by atoms with Gasteiger partial charge in [-0.05, 0) is 12.8 Å². The molecule has 2 saturated heterocycles. The third-order valence-electron chi connectivity index (χ3n) is 4.74. The molecule has 0 atom stereocenters. The Morgan fingerprint density at radius 2 is 1.16 bits per heavy atom. The largest absolute Gasteiger partial charge is 0.378 e. The maximum Gasteiger partial charge on any atom is 0.238 e. The Balaban J connectivity index is 2.31. The van der Waals surface area contributed by atoms with Gasteiger partial charge in [0, 0.05) is 39.0 Å². The van der Waals surface area contributed by atoms with Crippen LogP contribution in [0.25, 0.3) is 0 Å². The zero-order valence-electron chi connectivity index (χ0n) is 14.4. The predicted octanol–water partition coefficient (Wildman–Crippen LogP) is 0.298. The van der Waals surface area contributed by atoms with Crippen LogP contribution in [0.4, 0.5) is 0 Å². The van der Waals surface area contributed by atoms with E-state index in [0.717, 1.165) is 0 Å². The molecule has 0 aromatic carbocycles. The number of rotatable bonds is 6. The van der Waals surface area contributed by atoms with Gasteiger partial charge in [-0.25, -0.2) is 0 Å². The molecule has 0 aromatic rings. The fourth-order valence-electron chi connectivity index (χ4n) is 3.32. The number of nitriles is 2. The summed E-state index contributed by atoms with van der Waals surface area (Å²) in [6, 6.07) is 4.08. The van der Waals surface area contributed by atoms with E-state index in [1.54, 1.807) is 9.80 Å². The third-order valence-corrected chi connectivity index (χ3v) is 4.74. The first-order valence-electron chi connectivity index (χ1n) is 8.64. The summed E-state index contributed by atoms with van der Waals surface area (Å²) in [5.74, 6) is -0.560. The lowest BCUT2D eigenvalue weighted by Crippen LogP contribution is -2.57. The van der Waals surface area contributed by atoms with Gasteiger partial charge in [0.1, 0.15) is 5.41 Å². The second kappa shape index (κ2) is 9.36. The van der Waals surface area contributed by atoms with Gasteiger partial charge >= 0.3 is 0 Å². The topological polar surface area (TPSA) is 107 Å². The Morgan fingerprint density at radius 3 is 1.48 bits per heavy atom. The minimum Gasteiger partial charge on any atom is -0.378 e. The van der Waals surface area contributed by atoms with Gasteiger partial charge in [0.25, 0.3) is 0 Å². The second-order valence-electron chi connectivity index (χ2n) is 6.21. The number of carbonyl (C=O) groups is 2. The second-order valence-corrected chi connectivity index (χ2v) is 6.21. The van der Waals surface area contributed by atoms with Crippen molar-refractivity contribution in [1.29, 1.82) is 10.5 Å². The molecule has 0 N–H and O–H groups in total. The lowest BCUT2D eigenvalue weighted by Gasteiger charge is -2.41. The summed E-state index contributed by atoms with van der Waals surface area (Å²) < 4.78 is 10.6. The first-order valence-corrected chi connectivity index (χ1v) is 8.64. The number of nitrogens with zero attached hydrogens (tertiary/aromatic N) is 4. The van der Waals surface area contributed by atoms with E-state index in [1.165, 1.54) is 0 Å². The summed E-state index contributed by atoms with van der Waals surface area (Å²) in [6.45, 7) is 3.45. The number of hydrogen-bond donors (Lipinski definition) is 0. The maximum absolute atomic E-state index is 13.3. The van der Waals surface area contributed by atoms with Crippen molar-refractivity contribution in [2.24, 2.45) is 5.41 Å². The summed E-state index contributed by atoms with van der Waals surface area (Å²) >= 11 is 0. The van der Waals surface area contributed by atoms with E-state index in [1.807, 2.05) is 12.1 Å². The van der Waals surface area contributed by atoms with Crippen LogP contribution < -0.4 is 0 Å². The van der Waals surface area contributed by atoms with Crippen molar-refractivity contribution in [1.82, 2.24) is 9.80 Å². The molecule has 25 heavy (non-hydrogen) atoms. The Morgan fingerprint density at radius 1 is 0.800 bits per heavy atom. The fourth-order valence-corrected chi connectivity index (χ4v) is 3.32. The molecule has 2 aliphatic rings. The van der Waals surface area contributed by atoms with Gasteiger partial charge in [-0.3, -0.25) is 9.59 Å². The maximum atomic E-state index is 13.3. The Kier molecular flexibility index (Phi) is 7.17. The SMILES string of the molecule is N#CCCC(CCC#N)(C(=O)N1CCOCC1)C(=O)N1CCOCC1. The van der Waals surface area contributed by atoms with Crippen LogP contribution in [0.3, 0.4) is 0 Å². The predicted molar refractivity (Wildman–Crippen MR) is 86.9 cm³/mol. The van der Waals surface area contributed by atoms with Crippen molar-refractivity contribution in [2.75, 3.05) is 52.6 Å².